The van der Waals surface area contributed by atoms with Crippen molar-refractivity contribution in [3.05, 3.63) is 0 Å². The van der Waals surface area contributed by atoms with Crippen LogP contribution in [-0.2, 0) is 9.53 Å². The predicted molar refractivity (Wildman–Crippen MR) is 45.6 cm³/mol. The first-order chi connectivity index (χ1) is 5.75. The van der Waals surface area contributed by atoms with Crippen molar-refractivity contribution in [3.8, 4) is 0 Å². The monoisotopic (exact) mass is 168 g/mol. The molecule has 0 spiro atoms. The molecule has 3 unspecified atom stereocenters. The van der Waals surface area contributed by atoms with Crippen LogP contribution >= 0.6 is 0 Å². The minimum atomic E-state index is 0.0193. The van der Waals surface area contributed by atoms with E-state index in [2.05, 4.69) is 6.92 Å². The van der Waals surface area contributed by atoms with Crippen LogP contribution in [0.3, 0.4) is 0 Å². The third kappa shape index (κ3) is 1.47. The first-order valence-electron chi connectivity index (χ1n) is 4.95. The Balaban J connectivity index is 1.98. The fourth-order valence-corrected chi connectivity index (χ4v) is 2.46. The standard InChI is InChI=1S/C10H16O2/c1-7-2-4-9-8(6-7)3-5-10(11)12-9/h7-9H,2-6H2,1H3. The highest BCUT2D eigenvalue weighted by molar-refractivity contribution is 5.70. The molecular weight excluding hydrogens is 152 g/mol. The summed E-state index contributed by atoms with van der Waals surface area (Å²) in [4.78, 5) is 11.0. The van der Waals surface area contributed by atoms with Gasteiger partial charge in [0.1, 0.15) is 6.10 Å². The zero-order chi connectivity index (χ0) is 8.55. The summed E-state index contributed by atoms with van der Waals surface area (Å²) in [6.45, 7) is 2.30. The molecular formula is C10H16O2. The molecule has 1 saturated heterocycles. The van der Waals surface area contributed by atoms with Gasteiger partial charge >= 0.3 is 5.97 Å². The van der Waals surface area contributed by atoms with Crippen LogP contribution in [0.2, 0.25) is 0 Å². The lowest BCUT2D eigenvalue weighted by atomic mass is 9.77. The van der Waals surface area contributed by atoms with Crippen LogP contribution in [0.25, 0.3) is 0 Å². The van der Waals surface area contributed by atoms with Crippen molar-refractivity contribution in [1.29, 1.82) is 0 Å². The summed E-state index contributed by atoms with van der Waals surface area (Å²) in [6.07, 6.45) is 5.56. The van der Waals surface area contributed by atoms with Gasteiger partial charge in [0.15, 0.2) is 0 Å². The molecule has 1 heterocycles. The maximum Gasteiger partial charge on any atom is 0.306 e. The zero-order valence-electron chi connectivity index (χ0n) is 7.58. The highest BCUT2D eigenvalue weighted by Crippen LogP contribution is 2.36. The van der Waals surface area contributed by atoms with Crippen LogP contribution in [0, 0.1) is 11.8 Å². The SMILES string of the molecule is CC1CCC2OC(=O)CCC2C1. The number of carbonyl (C=O) groups excluding carboxylic acids is 1. The third-order valence-electron chi connectivity index (χ3n) is 3.18. The van der Waals surface area contributed by atoms with Crippen LogP contribution in [0.5, 0.6) is 0 Å². The topological polar surface area (TPSA) is 26.3 Å². The molecule has 2 aliphatic rings. The van der Waals surface area contributed by atoms with Crippen LogP contribution < -0.4 is 0 Å². The Hall–Kier alpha value is -0.530. The molecule has 0 radical (unpaired) electrons. The first kappa shape index (κ1) is 8.09. The van der Waals surface area contributed by atoms with E-state index >= 15 is 0 Å². The molecule has 0 aromatic carbocycles. The summed E-state index contributed by atoms with van der Waals surface area (Å²) in [5.41, 5.74) is 0. The molecule has 0 amide bonds. The Morgan fingerprint density at radius 1 is 1.33 bits per heavy atom. The lowest BCUT2D eigenvalue weighted by Crippen LogP contribution is -2.36. The van der Waals surface area contributed by atoms with E-state index in [1.54, 1.807) is 0 Å². The van der Waals surface area contributed by atoms with Gasteiger partial charge < -0.3 is 4.74 Å². The fraction of sp³-hybridized carbons (Fsp3) is 0.900. The number of ether oxygens (including phenoxy) is 1. The normalized spacial score (nSPS) is 41.8. The number of hydrogen-bond donors (Lipinski definition) is 0. The van der Waals surface area contributed by atoms with Gasteiger partial charge in [0, 0.05) is 6.42 Å². The molecule has 2 rings (SSSR count). The number of carbonyl (C=O) groups is 1. The molecule has 3 atom stereocenters. The second-order valence-electron chi connectivity index (χ2n) is 4.25. The predicted octanol–water partition coefficient (Wildman–Crippen LogP) is 2.13. The van der Waals surface area contributed by atoms with E-state index in [0.717, 1.165) is 18.8 Å². The number of fused-ring (bicyclic) bond motifs is 1. The average Bonchev–Trinajstić information content (AvgIpc) is 2.05. The van der Waals surface area contributed by atoms with Gasteiger partial charge in [0.25, 0.3) is 0 Å². The number of rotatable bonds is 0. The van der Waals surface area contributed by atoms with Gasteiger partial charge in [-0.15, -0.1) is 0 Å². The summed E-state index contributed by atoms with van der Waals surface area (Å²) in [5, 5.41) is 0. The largest absolute Gasteiger partial charge is 0.462 e. The van der Waals surface area contributed by atoms with Gasteiger partial charge in [0.05, 0.1) is 0 Å². The molecule has 1 aliphatic carbocycles. The molecule has 2 nitrogen and oxygen atoms in total. The van der Waals surface area contributed by atoms with Gasteiger partial charge in [-0.05, 0) is 37.5 Å². The Morgan fingerprint density at radius 3 is 3.00 bits per heavy atom. The summed E-state index contributed by atoms with van der Waals surface area (Å²) in [5.74, 6) is 1.53. The van der Waals surface area contributed by atoms with E-state index in [1.807, 2.05) is 0 Å². The van der Waals surface area contributed by atoms with Gasteiger partial charge in [-0.25, -0.2) is 0 Å². The number of hydrogen-bond acceptors (Lipinski definition) is 2. The molecule has 2 fully saturated rings. The molecule has 0 aromatic heterocycles. The second-order valence-corrected chi connectivity index (χ2v) is 4.25. The molecule has 0 aromatic rings. The van der Waals surface area contributed by atoms with Gasteiger partial charge in [0.2, 0.25) is 0 Å². The van der Waals surface area contributed by atoms with Gasteiger partial charge in [-0.3, -0.25) is 4.79 Å². The van der Waals surface area contributed by atoms with E-state index in [1.165, 1.54) is 12.8 Å². The maximum absolute atomic E-state index is 11.0. The Kier molecular flexibility index (Phi) is 2.07. The van der Waals surface area contributed by atoms with Crippen LogP contribution in [0.4, 0.5) is 0 Å². The lowest BCUT2D eigenvalue weighted by Gasteiger charge is -2.37. The van der Waals surface area contributed by atoms with E-state index < -0.39 is 0 Å². The van der Waals surface area contributed by atoms with Crippen molar-refractivity contribution in [2.45, 2.75) is 45.1 Å². The van der Waals surface area contributed by atoms with Crippen molar-refractivity contribution in [1.82, 2.24) is 0 Å². The van der Waals surface area contributed by atoms with Crippen LogP contribution in [0.15, 0.2) is 0 Å². The van der Waals surface area contributed by atoms with E-state index in [9.17, 15) is 4.79 Å². The van der Waals surface area contributed by atoms with Gasteiger partial charge in [-0.2, -0.15) is 0 Å². The highest BCUT2D eigenvalue weighted by Gasteiger charge is 2.34. The first-order valence-corrected chi connectivity index (χ1v) is 4.95. The van der Waals surface area contributed by atoms with E-state index in [-0.39, 0.29) is 12.1 Å². The van der Waals surface area contributed by atoms with Crippen molar-refractivity contribution in [2.24, 2.45) is 11.8 Å². The average molecular weight is 168 g/mol. The van der Waals surface area contributed by atoms with Crippen molar-refractivity contribution < 1.29 is 9.53 Å². The molecule has 68 valence electrons. The molecule has 1 saturated carbocycles. The summed E-state index contributed by atoms with van der Waals surface area (Å²) < 4.78 is 5.30. The second kappa shape index (κ2) is 3.08. The van der Waals surface area contributed by atoms with Gasteiger partial charge in [-0.1, -0.05) is 6.92 Å². The molecule has 0 bridgehead atoms. The minimum absolute atomic E-state index is 0.0193. The molecule has 2 heteroatoms. The van der Waals surface area contributed by atoms with Crippen molar-refractivity contribution >= 4 is 5.97 Å². The Bertz CT molecular complexity index is 188. The molecule has 0 N–H and O–H groups in total. The molecule has 1 aliphatic heterocycles. The highest BCUT2D eigenvalue weighted by atomic mass is 16.5. The van der Waals surface area contributed by atoms with E-state index in [4.69, 9.17) is 4.74 Å². The van der Waals surface area contributed by atoms with E-state index in [0.29, 0.717) is 12.3 Å². The molecule has 12 heavy (non-hydrogen) atoms. The Labute approximate surface area is 73.3 Å². The zero-order valence-corrected chi connectivity index (χ0v) is 7.58. The summed E-state index contributed by atoms with van der Waals surface area (Å²) >= 11 is 0. The van der Waals surface area contributed by atoms with Crippen LogP contribution in [0.1, 0.15) is 39.0 Å². The fourth-order valence-electron chi connectivity index (χ4n) is 2.46. The summed E-state index contributed by atoms with van der Waals surface area (Å²) in [7, 11) is 0. The smallest absolute Gasteiger partial charge is 0.306 e. The van der Waals surface area contributed by atoms with Crippen LogP contribution in [-0.4, -0.2) is 12.1 Å². The van der Waals surface area contributed by atoms with Crippen molar-refractivity contribution in [3.63, 3.8) is 0 Å². The third-order valence-corrected chi connectivity index (χ3v) is 3.18. The van der Waals surface area contributed by atoms with Crippen molar-refractivity contribution in [2.75, 3.05) is 0 Å². The summed E-state index contributed by atoms with van der Waals surface area (Å²) in [6, 6.07) is 0. The maximum atomic E-state index is 11.0. The quantitative estimate of drug-likeness (QED) is 0.518. The lowest BCUT2D eigenvalue weighted by molar-refractivity contribution is -0.161. The number of esters is 1. The minimum Gasteiger partial charge on any atom is -0.462 e. The Morgan fingerprint density at radius 2 is 2.17 bits per heavy atom.